The quantitative estimate of drug-likeness (QED) is 0.596. The molecule has 0 radical (unpaired) electrons. The molecule has 1 N–H and O–H groups in total. The van der Waals surface area contributed by atoms with Gasteiger partial charge in [-0.15, -0.1) is 0 Å². The second-order valence-corrected chi connectivity index (χ2v) is 5.92. The average Bonchev–Trinajstić information content (AvgIpc) is 3.01. The Labute approximate surface area is 151 Å². The first-order valence-electron chi connectivity index (χ1n) is 8.10. The largest absolute Gasteiger partial charge is 0.405 e. The van der Waals surface area contributed by atoms with E-state index >= 15 is 0 Å². The monoisotopic (exact) mass is 370 g/mol. The molecule has 0 aliphatic rings. The number of pyridine rings is 1. The molecule has 0 spiro atoms. The zero-order chi connectivity index (χ0) is 19.0. The number of aromatic nitrogens is 3. The third kappa shape index (κ3) is 3.10. The summed E-state index contributed by atoms with van der Waals surface area (Å²) in [5, 5.41) is 2.37. The first-order valence-corrected chi connectivity index (χ1v) is 8.10. The first-order chi connectivity index (χ1) is 13.0. The number of amides is 1. The molecule has 0 bridgehead atoms. The number of nitrogens with one attached hydrogen (secondary N) is 1. The average molecular weight is 370 g/mol. The molecule has 0 saturated heterocycles. The Morgan fingerprint density at radius 1 is 1.04 bits per heavy atom. The molecule has 1 amide bonds. The Balaban J connectivity index is 1.99. The molecule has 1 aromatic carbocycles. The molecule has 4 aromatic rings. The van der Waals surface area contributed by atoms with Crippen molar-refractivity contribution >= 4 is 22.5 Å². The molecule has 0 unspecified atom stereocenters. The Hall–Kier alpha value is -3.42. The molecule has 136 valence electrons. The van der Waals surface area contributed by atoms with Crippen LogP contribution >= 0.6 is 0 Å². The highest BCUT2D eigenvalue weighted by atomic mass is 19.4. The molecule has 0 fully saturated rings. The molecule has 0 atom stereocenters. The molecule has 3 heterocycles. The summed E-state index contributed by atoms with van der Waals surface area (Å²) in [6.45, 7) is -1.41. The molecule has 0 aliphatic carbocycles. The highest BCUT2D eigenvalue weighted by Gasteiger charge is 2.30. The van der Waals surface area contributed by atoms with Crippen LogP contribution in [0.4, 0.5) is 13.2 Å². The number of hydrogen-bond donors (Lipinski definition) is 1. The fraction of sp³-hybridized carbons (Fsp3) is 0.105. The molecular weight excluding hydrogens is 357 g/mol. The molecule has 0 aliphatic heterocycles. The molecular formula is C19H13F3N4O. The fourth-order valence-corrected chi connectivity index (χ4v) is 3.06. The zero-order valence-corrected chi connectivity index (χ0v) is 13.9. The Morgan fingerprint density at radius 2 is 1.78 bits per heavy atom. The van der Waals surface area contributed by atoms with E-state index in [1.54, 1.807) is 28.8 Å². The van der Waals surface area contributed by atoms with Crippen LogP contribution in [0, 0.1) is 0 Å². The maximum Gasteiger partial charge on any atom is 0.405 e. The van der Waals surface area contributed by atoms with E-state index in [0.717, 1.165) is 5.56 Å². The normalized spacial score (nSPS) is 11.8. The maximum absolute atomic E-state index is 12.7. The van der Waals surface area contributed by atoms with Crippen LogP contribution in [-0.4, -0.2) is 33.0 Å². The van der Waals surface area contributed by atoms with Gasteiger partial charge >= 0.3 is 6.18 Å². The van der Waals surface area contributed by atoms with Gasteiger partial charge in [0.2, 0.25) is 0 Å². The Morgan fingerprint density at radius 3 is 2.52 bits per heavy atom. The van der Waals surface area contributed by atoms with Gasteiger partial charge < -0.3 is 9.72 Å². The number of benzene rings is 1. The molecule has 4 rings (SSSR count). The van der Waals surface area contributed by atoms with Crippen molar-refractivity contribution in [2.75, 3.05) is 6.54 Å². The van der Waals surface area contributed by atoms with Gasteiger partial charge in [-0.2, -0.15) is 13.2 Å². The van der Waals surface area contributed by atoms with E-state index in [2.05, 4.69) is 9.97 Å². The van der Waals surface area contributed by atoms with E-state index in [9.17, 15) is 18.0 Å². The third-order valence-corrected chi connectivity index (χ3v) is 4.15. The molecule has 5 nitrogen and oxygen atoms in total. The van der Waals surface area contributed by atoms with Crippen molar-refractivity contribution in [3.63, 3.8) is 0 Å². The fourth-order valence-electron chi connectivity index (χ4n) is 3.06. The number of carbonyl (C=O) groups is 1. The lowest BCUT2D eigenvalue weighted by Crippen LogP contribution is -2.33. The minimum atomic E-state index is -4.50. The Kier molecular flexibility index (Phi) is 4.02. The van der Waals surface area contributed by atoms with Crippen molar-refractivity contribution in [3.05, 3.63) is 66.6 Å². The van der Waals surface area contributed by atoms with E-state index in [1.807, 2.05) is 35.6 Å². The third-order valence-electron chi connectivity index (χ3n) is 4.15. The summed E-state index contributed by atoms with van der Waals surface area (Å²) in [5.74, 6) is -0.821. The highest BCUT2D eigenvalue weighted by Crippen LogP contribution is 2.32. The molecule has 8 heteroatoms. The van der Waals surface area contributed by atoms with Gasteiger partial charge in [0.15, 0.2) is 0 Å². The maximum atomic E-state index is 12.7. The lowest BCUT2D eigenvalue weighted by atomic mass is 10.0. The molecule has 27 heavy (non-hydrogen) atoms. The summed E-state index contributed by atoms with van der Waals surface area (Å²) in [5.41, 5.74) is 2.27. The topological polar surface area (TPSA) is 59.3 Å². The van der Waals surface area contributed by atoms with E-state index < -0.39 is 18.6 Å². The van der Waals surface area contributed by atoms with Crippen LogP contribution in [0.1, 0.15) is 10.4 Å². The number of carbonyl (C=O) groups excluding carboxylic acids is 1. The summed E-state index contributed by atoms with van der Waals surface area (Å²) < 4.78 is 39.4. The summed E-state index contributed by atoms with van der Waals surface area (Å²) in [7, 11) is 0. The summed E-state index contributed by atoms with van der Waals surface area (Å²) in [4.78, 5) is 21.2. The number of fused-ring (bicyclic) bond motifs is 3. The van der Waals surface area contributed by atoms with Crippen LogP contribution in [0.5, 0.6) is 0 Å². The van der Waals surface area contributed by atoms with Crippen LogP contribution in [-0.2, 0) is 0 Å². The van der Waals surface area contributed by atoms with Crippen LogP contribution in [0.15, 0.2) is 61.1 Å². The second kappa shape index (κ2) is 6.39. The van der Waals surface area contributed by atoms with E-state index in [1.165, 1.54) is 6.33 Å². The van der Waals surface area contributed by atoms with Crippen molar-refractivity contribution in [3.8, 4) is 11.3 Å². The summed E-state index contributed by atoms with van der Waals surface area (Å²) in [6.07, 6.45) is -1.42. The number of rotatable bonds is 3. The smallest absolute Gasteiger partial charge is 0.343 e. The van der Waals surface area contributed by atoms with Gasteiger partial charge in [-0.1, -0.05) is 36.4 Å². The van der Waals surface area contributed by atoms with Crippen LogP contribution in [0.25, 0.3) is 27.8 Å². The van der Waals surface area contributed by atoms with Gasteiger partial charge in [0.05, 0.1) is 22.2 Å². The van der Waals surface area contributed by atoms with Crippen molar-refractivity contribution in [1.82, 2.24) is 19.7 Å². The lowest BCUT2D eigenvalue weighted by molar-refractivity contribution is -0.123. The molecule has 3 aromatic heterocycles. The van der Waals surface area contributed by atoms with Crippen molar-refractivity contribution in [1.29, 1.82) is 0 Å². The van der Waals surface area contributed by atoms with Crippen molar-refractivity contribution in [2.24, 2.45) is 0 Å². The SMILES string of the molecule is O=C(NCC(F)(F)F)c1c2c(-c3ccccc3)ncnc2n2ccccc12. The van der Waals surface area contributed by atoms with Gasteiger partial charge in [-0.25, -0.2) is 9.97 Å². The number of nitrogens with zero attached hydrogens (tertiary/aromatic N) is 3. The molecule has 0 saturated carbocycles. The summed E-state index contributed by atoms with van der Waals surface area (Å²) in [6, 6.07) is 14.3. The van der Waals surface area contributed by atoms with E-state index in [4.69, 9.17) is 0 Å². The van der Waals surface area contributed by atoms with Crippen LogP contribution in [0.2, 0.25) is 0 Å². The standard InChI is InChI=1S/C19H13F3N4O/c20-19(21,22)10-23-18(27)14-13-8-4-5-9-26(13)17-15(14)16(24-11-25-17)12-6-2-1-3-7-12/h1-9,11H,10H2,(H,23,27). The number of alkyl halides is 3. The number of hydrogen-bond acceptors (Lipinski definition) is 3. The van der Waals surface area contributed by atoms with Gasteiger partial charge in [0.1, 0.15) is 18.5 Å². The minimum Gasteiger partial charge on any atom is -0.343 e. The zero-order valence-electron chi connectivity index (χ0n) is 13.9. The van der Waals surface area contributed by atoms with E-state index in [-0.39, 0.29) is 5.56 Å². The summed E-state index contributed by atoms with van der Waals surface area (Å²) >= 11 is 0. The predicted octanol–water partition coefficient (Wildman–Crippen LogP) is 3.84. The van der Waals surface area contributed by atoms with Gasteiger partial charge in [0.25, 0.3) is 5.91 Å². The predicted molar refractivity (Wildman–Crippen MR) is 94.3 cm³/mol. The number of halogens is 3. The van der Waals surface area contributed by atoms with Crippen LogP contribution in [0.3, 0.4) is 0 Å². The van der Waals surface area contributed by atoms with Crippen molar-refractivity contribution < 1.29 is 18.0 Å². The van der Waals surface area contributed by atoms with E-state index in [0.29, 0.717) is 22.2 Å². The minimum absolute atomic E-state index is 0.120. The Bertz CT molecular complexity index is 1140. The van der Waals surface area contributed by atoms with Crippen LogP contribution < -0.4 is 5.32 Å². The lowest BCUT2D eigenvalue weighted by Gasteiger charge is -2.09. The van der Waals surface area contributed by atoms with Gasteiger partial charge in [-0.05, 0) is 12.1 Å². The first kappa shape index (κ1) is 17.0. The van der Waals surface area contributed by atoms with Crippen molar-refractivity contribution in [2.45, 2.75) is 6.18 Å². The second-order valence-electron chi connectivity index (χ2n) is 5.92. The highest BCUT2D eigenvalue weighted by molar-refractivity contribution is 6.16. The van der Waals surface area contributed by atoms with Gasteiger partial charge in [0, 0.05) is 11.8 Å². The van der Waals surface area contributed by atoms with Gasteiger partial charge in [-0.3, -0.25) is 4.79 Å².